The first kappa shape index (κ1) is 12.4. The van der Waals surface area contributed by atoms with Crippen LogP contribution in [0.15, 0.2) is 6.07 Å². The van der Waals surface area contributed by atoms with Gasteiger partial charge in [0.1, 0.15) is 0 Å². The molecule has 1 N–H and O–H groups in total. The van der Waals surface area contributed by atoms with Crippen LogP contribution in [0.5, 0.6) is 5.88 Å². The maximum atomic E-state index is 5.80. The van der Waals surface area contributed by atoms with Crippen molar-refractivity contribution in [2.24, 2.45) is 5.41 Å². The van der Waals surface area contributed by atoms with Gasteiger partial charge in [-0.25, -0.2) is 4.98 Å². The Morgan fingerprint density at radius 1 is 1.47 bits per heavy atom. The highest BCUT2D eigenvalue weighted by Crippen LogP contribution is 2.48. The lowest BCUT2D eigenvalue weighted by Gasteiger charge is -2.14. The van der Waals surface area contributed by atoms with E-state index in [-0.39, 0.29) is 0 Å². The first-order chi connectivity index (χ1) is 8.17. The van der Waals surface area contributed by atoms with Crippen molar-refractivity contribution < 1.29 is 4.74 Å². The third-order valence-electron chi connectivity index (χ3n) is 3.24. The van der Waals surface area contributed by atoms with Crippen molar-refractivity contribution in [3.05, 3.63) is 11.8 Å². The maximum Gasteiger partial charge on any atom is 0.226 e. The molecule has 0 radical (unpaired) electrons. The number of anilines is 1. The second-order valence-corrected chi connectivity index (χ2v) is 5.05. The van der Waals surface area contributed by atoms with Crippen LogP contribution in [-0.2, 0) is 0 Å². The predicted octanol–water partition coefficient (Wildman–Crippen LogP) is 2.61. The van der Waals surface area contributed by atoms with Crippen LogP contribution in [0.3, 0.4) is 0 Å². The average molecular weight is 256 g/mol. The van der Waals surface area contributed by atoms with Crippen LogP contribution >= 0.6 is 11.6 Å². The van der Waals surface area contributed by atoms with E-state index in [1.807, 2.05) is 13.0 Å². The molecule has 0 unspecified atom stereocenters. The second-order valence-electron chi connectivity index (χ2n) is 4.67. The van der Waals surface area contributed by atoms with Crippen molar-refractivity contribution in [3.63, 3.8) is 0 Å². The Morgan fingerprint density at radius 3 is 2.82 bits per heavy atom. The number of aromatic nitrogens is 2. The van der Waals surface area contributed by atoms with E-state index in [1.165, 1.54) is 12.8 Å². The van der Waals surface area contributed by atoms with Gasteiger partial charge in [0.15, 0.2) is 0 Å². The molecule has 1 aromatic heterocycles. The predicted molar refractivity (Wildman–Crippen MR) is 68.8 cm³/mol. The van der Waals surface area contributed by atoms with Crippen molar-refractivity contribution in [2.45, 2.75) is 26.2 Å². The SMILES string of the molecule is COc1cc(C)nc(NCC2(CCCl)CC2)n1. The Hall–Kier alpha value is -1.03. The molecule has 0 aliphatic heterocycles. The maximum absolute atomic E-state index is 5.80. The van der Waals surface area contributed by atoms with Gasteiger partial charge in [0.25, 0.3) is 0 Å². The molecule has 0 bridgehead atoms. The van der Waals surface area contributed by atoms with Crippen LogP contribution in [0.2, 0.25) is 0 Å². The lowest BCUT2D eigenvalue weighted by atomic mass is 10.0. The number of methoxy groups -OCH3 is 1. The quantitative estimate of drug-likeness (QED) is 0.794. The van der Waals surface area contributed by atoms with E-state index in [1.54, 1.807) is 7.11 Å². The molecule has 17 heavy (non-hydrogen) atoms. The Bertz CT molecular complexity index is 393. The largest absolute Gasteiger partial charge is 0.481 e. The molecule has 2 rings (SSSR count). The molecule has 1 heterocycles. The lowest BCUT2D eigenvalue weighted by Crippen LogP contribution is -2.17. The summed E-state index contributed by atoms with van der Waals surface area (Å²) in [6.07, 6.45) is 3.55. The number of hydrogen-bond donors (Lipinski definition) is 1. The smallest absolute Gasteiger partial charge is 0.226 e. The van der Waals surface area contributed by atoms with Crippen LogP contribution in [0.1, 0.15) is 25.0 Å². The fraction of sp³-hybridized carbons (Fsp3) is 0.667. The molecule has 0 aromatic carbocycles. The molecule has 0 spiro atoms. The number of hydrogen-bond acceptors (Lipinski definition) is 4. The molecule has 4 nitrogen and oxygen atoms in total. The van der Waals surface area contributed by atoms with Crippen molar-refractivity contribution >= 4 is 17.5 Å². The Balaban J connectivity index is 1.97. The van der Waals surface area contributed by atoms with Gasteiger partial charge in [-0.05, 0) is 31.6 Å². The number of nitrogens with one attached hydrogen (secondary N) is 1. The van der Waals surface area contributed by atoms with Crippen LogP contribution in [0, 0.1) is 12.3 Å². The lowest BCUT2D eigenvalue weighted by molar-refractivity contribution is 0.396. The van der Waals surface area contributed by atoms with E-state index in [2.05, 4.69) is 15.3 Å². The topological polar surface area (TPSA) is 47.0 Å². The van der Waals surface area contributed by atoms with Crippen LogP contribution < -0.4 is 10.1 Å². The van der Waals surface area contributed by atoms with Gasteiger partial charge in [-0.1, -0.05) is 0 Å². The second kappa shape index (κ2) is 5.08. The molecule has 5 heteroatoms. The van der Waals surface area contributed by atoms with Gasteiger partial charge in [0.2, 0.25) is 11.8 Å². The van der Waals surface area contributed by atoms with Gasteiger partial charge >= 0.3 is 0 Å². The minimum atomic E-state index is 0.377. The van der Waals surface area contributed by atoms with Crippen LogP contribution in [-0.4, -0.2) is 29.5 Å². The summed E-state index contributed by atoms with van der Waals surface area (Å²) in [6.45, 7) is 2.83. The zero-order valence-corrected chi connectivity index (χ0v) is 11.0. The molecule has 1 aliphatic carbocycles. The highest BCUT2D eigenvalue weighted by molar-refractivity contribution is 6.17. The number of halogens is 1. The number of ether oxygens (including phenoxy) is 1. The standard InChI is InChI=1S/C12H18ClN3O/c1-9-7-10(17-2)16-11(15-9)14-8-12(3-4-12)5-6-13/h7H,3-6,8H2,1-2H3,(H,14,15,16). The Labute approximate surface area is 107 Å². The van der Waals surface area contributed by atoms with Crippen molar-refractivity contribution in [1.82, 2.24) is 9.97 Å². The summed E-state index contributed by atoms with van der Waals surface area (Å²) < 4.78 is 5.12. The van der Waals surface area contributed by atoms with Crippen molar-refractivity contribution in [1.29, 1.82) is 0 Å². The molecular formula is C12H18ClN3O. The average Bonchev–Trinajstić information content (AvgIpc) is 3.07. The summed E-state index contributed by atoms with van der Waals surface area (Å²) in [5, 5.41) is 3.29. The highest BCUT2D eigenvalue weighted by atomic mass is 35.5. The fourth-order valence-electron chi connectivity index (χ4n) is 1.88. The van der Waals surface area contributed by atoms with Crippen molar-refractivity contribution in [3.8, 4) is 5.88 Å². The summed E-state index contributed by atoms with van der Waals surface area (Å²) in [5.74, 6) is 1.96. The number of aryl methyl sites for hydroxylation is 1. The first-order valence-corrected chi connectivity index (χ1v) is 6.40. The van der Waals surface area contributed by atoms with E-state index in [0.717, 1.165) is 24.5 Å². The number of alkyl halides is 1. The van der Waals surface area contributed by atoms with E-state index in [0.29, 0.717) is 17.2 Å². The van der Waals surface area contributed by atoms with Gasteiger partial charge in [-0.2, -0.15) is 4.98 Å². The zero-order chi connectivity index (χ0) is 12.3. The van der Waals surface area contributed by atoms with E-state index < -0.39 is 0 Å². The minimum absolute atomic E-state index is 0.377. The summed E-state index contributed by atoms with van der Waals surface area (Å²) in [5.41, 5.74) is 1.28. The summed E-state index contributed by atoms with van der Waals surface area (Å²) in [4.78, 5) is 8.60. The molecule has 1 saturated carbocycles. The van der Waals surface area contributed by atoms with Gasteiger partial charge in [0.05, 0.1) is 7.11 Å². The first-order valence-electron chi connectivity index (χ1n) is 5.87. The van der Waals surface area contributed by atoms with E-state index in [9.17, 15) is 0 Å². The molecule has 1 aromatic rings. The number of nitrogens with zero attached hydrogens (tertiary/aromatic N) is 2. The molecule has 0 saturated heterocycles. The third-order valence-corrected chi connectivity index (χ3v) is 3.43. The molecule has 0 amide bonds. The molecular weight excluding hydrogens is 238 g/mol. The van der Waals surface area contributed by atoms with Crippen molar-refractivity contribution in [2.75, 3.05) is 24.9 Å². The fourth-order valence-corrected chi connectivity index (χ4v) is 2.28. The molecule has 1 aliphatic rings. The van der Waals surface area contributed by atoms with Crippen LogP contribution in [0.4, 0.5) is 5.95 Å². The van der Waals surface area contributed by atoms with Gasteiger partial charge < -0.3 is 10.1 Å². The van der Waals surface area contributed by atoms with Gasteiger partial charge in [-0.3, -0.25) is 0 Å². The Morgan fingerprint density at radius 2 is 2.24 bits per heavy atom. The molecule has 1 fully saturated rings. The summed E-state index contributed by atoms with van der Waals surface area (Å²) >= 11 is 5.80. The van der Waals surface area contributed by atoms with Gasteiger partial charge in [0, 0.05) is 24.2 Å². The van der Waals surface area contributed by atoms with E-state index in [4.69, 9.17) is 16.3 Å². The zero-order valence-electron chi connectivity index (χ0n) is 10.3. The van der Waals surface area contributed by atoms with Gasteiger partial charge in [-0.15, -0.1) is 11.6 Å². The summed E-state index contributed by atoms with van der Waals surface area (Å²) in [6, 6.07) is 1.82. The monoisotopic (exact) mass is 255 g/mol. The van der Waals surface area contributed by atoms with E-state index >= 15 is 0 Å². The normalized spacial score (nSPS) is 16.6. The highest BCUT2D eigenvalue weighted by Gasteiger charge is 2.41. The minimum Gasteiger partial charge on any atom is -0.481 e. The number of rotatable bonds is 6. The van der Waals surface area contributed by atoms with Crippen LogP contribution in [0.25, 0.3) is 0 Å². The Kier molecular flexibility index (Phi) is 3.72. The molecule has 0 atom stereocenters. The summed E-state index contributed by atoms with van der Waals surface area (Å²) in [7, 11) is 1.61. The molecule has 94 valence electrons. The third kappa shape index (κ3) is 3.22.